The number of carboxylic acids is 1. The van der Waals surface area contributed by atoms with E-state index < -0.39 is 29.3 Å². The number of nitrogens with zero attached hydrogens (tertiary/aromatic N) is 1. The fourth-order valence-corrected chi connectivity index (χ4v) is 2.68. The zero-order valence-corrected chi connectivity index (χ0v) is 12.4. The second-order valence-electron chi connectivity index (χ2n) is 5.69. The maximum absolute atomic E-state index is 13.3. The molecule has 1 aromatic carbocycles. The highest BCUT2D eigenvalue weighted by Crippen LogP contribution is 2.31. The van der Waals surface area contributed by atoms with Crippen molar-refractivity contribution in [2.24, 2.45) is 0 Å². The summed E-state index contributed by atoms with van der Waals surface area (Å²) in [5.74, 6) is -2.16. The summed E-state index contributed by atoms with van der Waals surface area (Å²) in [7, 11) is 0. The van der Waals surface area contributed by atoms with Crippen LogP contribution in [0, 0.1) is 5.82 Å². The first kappa shape index (κ1) is 15.2. The van der Waals surface area contributed by atoms with Gasteiger partial charge in [-0.1, -0.05) is 0 Å². The predicted octanol–water partition coefficient (Wildman–Crippen LogP) is 1.74. The third kappa shape index (κ3) is 2.81. The second-order valence-corrected chi connectivity index (χ2v) is 5.69. The van der Waals surface area contributed by atoms with Crippen LogP contribution < -0.4 is 5.56 Å². The highest BCUT2D eigenvalue weighted by atomic mass is 19.1. The number of hydrogen-bond donors (Lipinski definition) is 2. The van der Waals surface area contributed by atoms with Gasteiger partial charge in [-0.15, -0.1) is 0 Å². The molecule has 3 rings (SSSR count). The average Bonchev–Trinajstić information content (AvgIpc) is 3.30. The van der Waals surface area contributed by atoms with Gasteiger partial charge in [-0.2, -0.15) is 0 Å². The van der Waals surface area contributed by atoms with Crippen molar-refractivity contribution in [1.29, 1.82) is 0 Å². The molecule has 1 aliphatic carbocycles. The van der Waals surface area contributed by atoms with Gasteiger partial charge < -0.3 is 15.0 Å². The molecule has 1 aromatic heterocycles. The topological polar surface area (TPSA) is 90.5 Å². The van der Waals surface area contributed by atoms with Gasteiger partial charge in [-0.25, -0.2) is 9.18 Å². The monoisotopic (exact) mass is 318 g/mol. The molecule has 1 aliphatic rings. The molecular formula is C16H15FN2O4. The van der Waals surface area contributed by atoms with Gasteiger partial charge in [0.05, 0.1) is 11.1 Å². The summed E-state index contributed by atoms with van der Waals surface area (Å²) < 4.78 is 13.3. The van der Waals surface area contributed by atoms with Crippen LogP contribution in [0.3, 0.4) is 0 Å². The van der Waals surface area contributed by atoms with Crippen molar-refractivity contribution in [3.8, 4) is 0 Å². The minimum absolute atomic E-state index is 0.0868. The van der Waals surface area contributed by atoms with Crippen molar-refractivity contribution in [1.82, 2.24) is 9.88 Å². The summed E-state index contributed by atoms with van der Waals surface area (Å²) in [6.45, 7) is 1.44. The molecule has 120 valence electrons. The molecule has 2 N–H and O–H groups in total. The number of carbonyl (C=O) groups is 2. The minimum atomic E-state index is -1.11. The lowest BCUT2D eigenvalue weighted by atomic mass is 10.1. The number of hydrogen-bond acceptors (Lipinski definition) is 3. The van der Waals surface area contributed by atoms with Crippen LogP contribution in [0.1, 0.15) is 30.1 Å². The summed E-state index contributed by atoms with van der Waals surface area (Å²) in [6.07, 6.45) is 1.47. The Bertz CT molecular complexity index is 857. The zero-order valence-electron chi connectivity index (χ0n) is 12.4. The largest absolute Gasteiger partial charge is 0.480 e. The van der Waals surface area contributed by atoms with Crippen molar-refractivity contribution in [2.45, 2.75) is 31.8 Å². The quantitative estimate of drug-likeness (QED) is 0.898. The first-order valence-corrected chi connectivity index (χ1v) is 7.26. The third-order valence-electron chi connectivity index (χ3n) is 3.98. The molecule has 0 radical (unpaired) electrons. The number of pyridine rings is 1. The molecule has 0 spiro atoms. The van der Waals surface area contributed by atoms with E-state index in [1.54, 1.807) is 0 Å². The Kier molecular flexibility index (Phi) is 3.63. The van der Waals surface area contributed by atoms with Gasteiger partial charge in [0.2, 0.25) is 5.56 Å². The van der Waals surface area contributed by atoms with E-state index in [0.717, 1.165) is 25.0 Å². The van der Waals surface area contributed by atoms with Gasteiger partial charge in [-0.05, 0) is 38.0 Å². The number of rotatable bonds is 4. The fraction of sp³-hybridized carbons (Fsp3) is 0.312. The summed E-state index contributed by atoms with van der Waals surface area (Å²) in [4.78, 5) is 39.6. The molecule has 1 atom stereocenters. The van der Waals surface area contributed by atoms with Crippen molar-refractivity contribution >= 4 is 22.8 Å². The van der Waals surface area contributed by atoms with Crippen LogP contribution in [-0.4, -0.2) is 39.0 Å². The lowest BCUT2D eigenvalue weighted by molar-refractivity contribution is -0.141. The van der Waals surface area contributed by atoms with E-state index in [0.29, 0.717) is 5.39 Å². The van der Waals surface area contributed by atoms with Crippen molar-refractivity contribution in [2.75, 3.05) is 0 Å². The Balaban J connectivity index is 2.12. The van der Waals surface area contributed by atoms with Crippen LogP contribution >= 0.6 is 0 Å². The Morgan fingerprint density at radius 1 is 1.35 bits per heavy atom. The first-order chi connectivity index (χ1) is 10.9. The molecule has 1 saturated carbocycles. The van der Waals surface area contributed by atoms with Gasteiger partial charge in [0, 0.05) is 17.5 Å². The second kappa shape index (κ2) is 5.49. The number of amides is 1. The number of H-pyrrole nitrogens is 1. The van der Waals surface area contributed by atoms with Gasteiger partial charge in [0.15, 0.2) is 0 Å². The number of benzene rings is 1. The number of carbonyl (C=O) groups excluding carboxylic acids is 1. The molecular weight excluding hydrogens is 303 g/mol. The van der Waals surface area contributed by atoms with E-state index in [-0.39, 0.29) is 17.1 Å². The molecule has 0 saturated heterocycles. The van der Waals surface area contributed by atoms with E-state index in [2.05, 4.69) is 4.98 Å². The minimum Gasteiger partial charge on any atom is -0.480 e. The Morgan fingerprint density at radius 2 is 2.04 bits per heavy atom. The van der Waals surface area contributed by atoms with Crippen LogP contribution in [0.4, 0.5) is 4.39 Å². The zero-order chi connectivity index (χ0) is 16.7. The summed E-state index contributed by atoms with van der Waals surface area (Å²) >= 11 is 0. The van der Waals surface area contributed by atoms with E-state index in [4.69, 9.17) is 0 Å². The van der Waals surface area contributed by atoms with Gasteiger partial charge in [0.25, 0.3) is 5.91 Å². The summed E-state index contributed by atoms with van der Waals surface area (Å²) in [5.41, 5.74) is -0.242. The summed E-state index contributed by atoms with van der Waals surface area (Å²) in [6, 6.07) is 3.74. The predicted molar refractivity (Wildman–Crippen MR) is 80.8 cm³/mol. The molecule has 6 nitrogen and oxygen atoms in total. The number of aromatic amines is 1. The smallest absolute Gasteiger partial charge is 0.326 e. The average molecular weight is 318 g/mol. The van der Waals surface area contributed by atoms with Crippen LogP contribution in [0.15, 0.2) is 29.1 Å². The lowest BCUT2D eigenvalue weighted by Gasteiger charge is -2.27. The number of nitrogens with one attached hydrogen (secondary N) is 1. The Labute approximate surface area is 130 Å². The van der Waals surface area contributed by atoms with Crippen LogP contribution in [0.2, 0.25) is 0 Å². The van der Waals surface area contributed by atoms with Gasteiger partial charge in [0.1, 0.15) is 11.9 Å². The van der Waals surface area contributed by atoms with Crippen LogP contribution in [0.25, 0.3) is 10.9 Å². The fourth-order valence-electron chi connectivity index (χ4n) is 2.68. The van der Waals surface area contributed by atoms with Crippen molar-refractivity contribution in [3.63, 3.8) is 0 Å². The molecule has 1 fully saturated rings. The van der Waals surface area contributed by atoms with E-state index in [1.807, 2.05) is 0 Å². The first-order valence-electron chi connectivity index (χ1n) is 7.26. The van der Waals surface area contributed by atoms with E-state index in [9.17, 15) is 23.9 Å². The number of fused-ring (bicyclic) bond motifs is 1. The standard InChI is InChI=1S/C16H15FN2O4/c1-8(16(22)23)19(10-3-4-10)15(21)12-7-14(20)18-13-6-9(17)2-5-11(12)13/h2,5-8,10H,3-4H2,1H3,(H,18,20)(H,22,23). The van der Waals surface area contributed by atoms with Crippen molar-refractivity contribution in [3.05, 3.63) is 46.0 Å². The van der Waals surface area contributed by atoms with E-state index >= 15 is 0 Å². The third-order valence-corrected chi connectivity index (χ3v) is 3.98. The molecule has 0 bridgehead atoms. The molecule has 2 aromatic rings. The Hall–Kier alpha value is -2.70. The van der Waals surface area contributed by atoms with Crippen molar-refractivity contribution < 1.29 is 19.1 Å². The maximum atomic E-state index is 13.3. The maximum Gasteiger partial charge on any atom is 0.326 e. The Morgan fingerprint density at radius 3 is 2.65 bits per heavy atom. The SMILES string of the molecule is CC(C(=O)O)N(C(=O)c1cc(=O)[nH]c2cc(F)ccc12)C1CC1. The number of aliphatic carboxylic acids is 1. The van der Waals surface area contributed by atoms with Crippen LogP contribution in [0.5, 0.6) is 0 Å². The number of halogens is 1. The van der Waals surface area contributed by atoms with Gasteiger partial charge >= 0.3 is 5.97 Å². The molecule has 23 heavy (non-hydrogen) atoms. The van der Waals surface area contributed by atoms with Crippen LogP contribution in [-0.2, 0) is 4.79 Å². The molecule has 1 amide bonds. The number of aromatic nitrogens is 1. The molecule has 1 unspecified atom stereocenters. The van der Waals surface area contributed by atoms with Gasteiger partial charge in [-0.3, -0.25) is 9.59 Å². The normalized spacial score (nSPS) is 15.4. The molecule has 1 heterocycles. The lowest BCUT2D eigenvalue weighted by Crippen LogP contribution is -2.45. The van der Waals surface area contributed by atoms with E-state index in [1.165, 1.54) is 24.0 Å². The molecule has 0 aliphatic heterocycles. The highest BCUT2D eigenvalue weighted by Gasteiger charge is 2.39. The highest BCUT2D eigenvalue weighted by molar-refractivity contribution is 6.07. The number of carboxylic acid groups (broad SMARTS) is 1. The summed E-state index contributed by atoms with van der Waals surface area (Å²) in [5, 5.41) is 9.61. The molecule has 7 heteroatoms.